The number of methoxy groups -OCH3 is 1. The smallest absolute Gasteiger partial charge is 0.0932 e. The van der Waals surface area contributed by atoms with Crippen molar-refractivity contribution in [1.29, 1.82) is 0 Å². The molecule has 1 aromatic heterocycles. The Hall–Kier alpha value is -0.450. The van der Waals surface area contributed by atoms with Crippen LogP contribution in [0.1, 0.15) is 56.1 Å². The van der Waals surface area contributed by atoms with E-state index in [0.29, 0.717) is 6.61 Å². The molecule has 0 saturated carbocycles. The molecule has 0 saturated heterocycles. The molecule has 0 radical (unpaired) electrons. The monoisotopic (exact) mass is 270 g/mol. The van der Waals surface area contributed by atoms with Crippen molar-refractivity contribution < 1.29 is 4.74 Å². The van der Waals surface area contributed by atoms with E-state index in [-0.39, 0.29) is 5.54 Å². The van der Waals surface area contributed by atoms with E-state index >= 15 is 0 Å². The summed E-state index contributed by atoms with van der Waals surface area (Å²) in [5, 5.41) is 4.77. The van der Waals surface area contributed by atoms with Crippen molar-refractivity contribution in [1.82, 2.24) is 10.3 Å². The highest BCUT2D eigenvalue weighted by Gasteiger charge is 2.14. The highest BCUT2D eigenvalue weighted by molar-refractivity contribution is 7.11. The van der Waals surface area contributed by atoms with Gasteiger partial charge in [-0.15, -0.1) is 11.3 Å². The van der Waals surface area contributed by atoms with Crippen LogP contribution in [-0.2, 0) is 24.3 Å². The van der Waals surface area contributed by atoms with E-state index in [9.17, 15) is 0 Å². The van der Waals surface area contributed by atoms with E-state index in [4.69, 9.17) is 9.72 Å². The molecule has 0 aliphatic heterocycles. The normalized spacial score (nSPS) is 12.1. The number of unbranched alkanes of at least 4 members (excludes halogenated alkanes) is 1. The lowest BCUT2D eigenvalue weighted by Gasteiger charge is -2.20. The van der Waals surface area contributed by atoms with E-state index < -0.39 is 0 Å². The fraction of sp³-hybridized carbons (Fsp3) is 0.786. The van der Waals surface area contributed by atoms with E-state index in [2.05, 4.69) is 33.0 Å². The third-order valence-electron chi connectivity index (χ3n) is 2.63. The van der Waals surface area contributed by atoms with Crippen LogP contribution in [0, 0.1) is 0 Å². The van der Waals surface area contributed by atoms with Crippen LogP contribution in [0.25, 0.3) is 0 Å². The number of thiazole rings is 1. The van der Waals surface area contributed by atoms with Crippen molar-refractivity contribution in [3.8, 4) is 0 Å². The maximum Gasteiger partial charge on any atom is 0.0932 e. The number of aromatic nitrogens is 1. The van der Waals surface area contributed by atoms with Gasteiger partial charge in [0.15, 0.2) is 0 Å². The lowest BCUT2D eigenvalue weighted by molar-refractivity contribution is 0.181. The second kappa shape index (κ2) is 7.22. The first kappa shape index (κ1) is 15.6. The standard InChI is InChI=1S/C14H26N2OS/c1-6-7-8-13-16-11(10-17-5)12(18-13)9-15-14(2,3)4/h15H,6-10H2,1-5H3. The Morgan fingerprint density at radius 1 is 1.33 bits per heavy atom. The number of hydrogen-bond acceptors (Lipinski definition) is 4. The predicted octanol–water partition coefficient (Wildman–Crippen LogP) is 3.52. The number of ether oxygens (including phenoxy) is 1. The number of hydrogen-bond donors (Lipinski definition) is 1. The quantitative estimate of drug-likeness (QED) is 0.823. The molecule has 0 aliphatic rings. The molecule has 1 aromatic rings. The fourth-order valence-corrected chi connectivity index (χ4v) is 2.66. The summed E-state index contributed by atoms with van der Waals surface area (Å²) in [4.78, 5) is 6.01. The van der Waals surface area contributed by atoms with Crippen molar-refractivity contribution in [2.24, 2.45) is 0 Å². The summed E-state index contributed by atoms with van der Waals surface area (Å²) in [6, 6.07) is 0. The lowest BCUT2D eigenvalue weighted by atomic mass is 10.1. The first-order valence-electron chi connectivity index (χ1n) is 6.67. The summed E-state index contributed by atoms with van der Waals surface area (Å²) in [7, 11) is 1.73. The maximum absolute atomic E-state index is 5.23. The van der Waals surface area contributed by atoms with Gasteiger partial charge in [0.2, 0.25) is 0 Å². The molecular formula is C14H26N2OS. The Labute approximate surface area is 115 Å². The molecule has 4 heteroatoms. The van der Waals surface area contributed by atoms with E-state index in [0.717, 1.165) is 18.7 Å². The Morgan fingerprint density at radius 2 is 2.06 bits per heavy atom. The first-order chi connectivity index (χ1) is 8.46. The summed E-state index contributed by atoms with van der Waals surface area (Å²) in [6.07, 6.45) is 3.52. The van der Waals surface area contributed by atoms with Crippen molar-refractivity contribution in [2.45, 2.75) is 65.6 Å². The number of rotatable bonds is 7. The molecule has 0 atom stereocenters. The van der Waals surface area contributed by atoms with Gasteiger partial charge in [0.25, 0.3) is 0 Å². The average Bonchev–Trinajstić information content (AvgIpc) is 2.66. The van der Waals surface area contributed by atoms with Crippen LogP contribution in [0.4, 0.5) is 0 Å². The molecule has 1 heterocycles. The molecule has 0 aromatic carbocycles. The van der Waals surface area contributed by atoms with Crippen molar-refractivity contribution >= 4 is 11.3 Å². The Bertz CT molecular complexity index is 355. The van der Waals surface area contributed by atoms with Gasteiger partial charge in [0, 0.05) is 24.1 Å². The minimum absolute atomic E-state index is 0.137. The van der Waals surface area contributed by atoms with Gasteiger partial charge in [-0.1, -0.05) is 13.3 Å². The van der Waals surface area contributed by atoms with Crippen LogP contribution < -0.4 is 5.32 Å². The zero-order valence-corrected chi connectivity index (χ0v) is 13.1. The highest BCUT2D eigenvalue weighted by atomic mass is 32.1. The number of nitrogens with one attached hydrogen (secondary N) is 1. The van der Waals surface area contributed by atoms with Gasteiger partial charge in [0.1, 0.15) is 0 Å². The van der Waals surface area contributed by atoms with Crippen molar-refractivity contribution in [3.05, 3.63) is 15.6 Å². The molecule has 0 unspecified atom stereocenters. The van der Waals surface area contributed by atoms with Crippen molar-refractivity contribution in [2.75, 3.05) is 7.11 Å². The third-order valence-corrected chi connectivity index (χ3v) is 3.78. The molecule has 0 bridgehead atoms. The molecule has 18 heavy (non-hydrogen) atoms. The molecule has 0 fully saturated rings. The molecule has 0 amide bonds. The summed E-state index contributed by atoms with van der Waals surface area (Å²) < 4.78 is 5.23. The minimum Gasteiger partial charge on any atom is -0.378 e. The van der Waals surface area contributed by atoms with Crippen LogP contribution >= 0.6 is 11.3 Å². The van der Waals surface area contributed by atoms with Gasteiger partial charge in [-0.05, 0) is 33.6 Å². The van der Waals surface area contributed by atoms with Gasteiger partial charge >= 0.3 is 0 Å². The lowest BCUT2D eigenvalue weighted by Crippen LogP contribution is -2.35. The summed E-state index contributed by atoms with van der Waals surface area (Å²) in [5.41, 5.74) is 1.24. The largest absolute Gasteiger partial charge is 0.378 e. The molecule has 104 valence electrons. The Balaban J connectivity index is 2.70. The second-order valence-corrected chi connectivity index (χ2v) is 6.79. The SMILES string of the molecule is CCCCc1nc(COC)c(CNC(C)(C)C)s1. The van der Waals surface area contributed by atoms with E-state index in [1.54, 1.807) is 7.11 Å². The van der Waals surface area contributed by atoms with Crippen LogP contribution in [0.2, 0.25) is 0 Å². The summed E-state index contributed by atoms with van der Waals surface area (Å²) in [5.74, 6) is 0. The molecular weight excluding hydrogens is 244 g/mol. The third kappa shape index (κ3) is 5.46. The van der Waals surface area contributed by atoms with Crippen molar-refractivity contribution in [3.63, 3.8) is 0 Å². The topological polar surface area (TPSA) is 34.1 Å². The van der Waals surface area contributed by atoms with Gasteiger partial charge < -0.3 is 10.1 Å². The summed E-state index contributed by atoms with van der Waals surface area (Å²) >= 11 is 1.83. The van der Waals surface area contributed by atoms with Crippen LogP contribution in [0.15, 0.2) is 0 Å². The van der Waals surface area contributed by atoms with E-state index in [1.807, 2.05) is 11.3 Å². The molecule has 0 aliphatic carbocycles. The van der Waals surface area contributed by atoms with Crippen LogP contribution in [0.3, 0.4) is 0 Å². The maximum atomic E-state index is 5.23. The van der Waals surface area contributed by atoms with Gasteiger partial charge in [0.05, 0.1) is 17.3 Å². The summed E-state index contributed by atoms with van der Waals surface area (Å²) in [6.45, 7) is 10.3. The van der Waals surface area contributed by atoms with Gasteiger partial charge in [-0.3, -0.25) is 0 Å². The molecule has 3 nitrogen and oxygen atoms in total. The number of aryl methyl sites for hydroxylation is 1. The molecule has 0 spiro atoms. The zero-order chi connectivity index (χ0) is 13.6. The number of nitrogens with zero attached hydrogens (tertiary/aromatic N) is 1. The molecule has 1 N–H and O–H groups in total. The molecule has 1 rings (SSSR count). The van der Waals surface area contributed by atoms with Gasteiger partial charge in [-0.25, -0.2) is 4.98 Å². The van der Waals surface area contributed by atoms with E-state index in [1.165, 1.54) is 22.7 Å². The average molecular weight is 270 g/mol. The van der Waals surface area contributed by atoms with Gasteiger partial charge in [-0.2, -0.15) is 0 Å². The minimum atomic E-state index is 0.137. The first-order valence-corrected chi connectivity index (χ1v) is 7.49. The zero-order valence-electron chi connectivity index (χ0n) is 12.3. The van der Waals surface area contributed by atoms with Crippen LogP contribution in [-0.4, -0.2) is 17.6 Å². The Morgan fingerprint density at radius 3 is 2.61 bits per heavy atom. The Kier molecular flexibility index (Phi) is 6.26. The predicted molar refractivity (Wildman–Crippen MR) is 78.0 cm³/mol. The second-order valence-electron chi connectivity index (χ2n) is 5.62. The highest BCUT2D eigenvalue weighted by Crippen LogP contribution is 2.21. The van der Waals surface area contributed by atoms with Crippen LogP contribution in [0.5, 0.6) is 0 Å². The fourth-order valence-electron chi connectivity index (χ4n) is 1.60.